The lowest BCUT2D eigenvalue weighted by molar-refractivity contribution is 0.688. The van der Waals surface area contributed by atoms with Crippen molar-refractivity contribution in [2.75, 3.05) is 6.54 Å². The number of fused-ring (bicyclic) bond motifs is 1. The topological polar surface area (TPSA) is 26.0 Å². The van der Waals surface area contributed by atoms with Gasteiger partial charge in [-0.3, -0.25) is 0 Å². The van der Waals surface area contributed by atoms with Crippen molar-refractivity contribution >= 4 is 27.5 Å². The van der Waals surface area contributed by atoms with Crippen LogP contribution in [0.15, 0.2) is 16.6 Å². The Morgan fingerprint density at radius 3 is 3.00 bits per heavy atom. The van der Waals surface area contributed by atoms with Crippen LogP contribution in [0.1, 0.15) is 23.5 Å². The number of hydrogen-bond donors (Lipinski definition) is 1. The predicted octanol–water partition coefficient (Wildman–Crippen LogP) is 3.09. The van der Waals surface area contributed by atoms with Crippen molar-refractivity contribution in [2.24, 2.45) is 5.73 Å². The third kappa shape index (κ3) is 1.63. The van der Waals surface area contributed by atoms with Crippen molar-refractivity contribution in [3.05, 3.63) is 32.8 Å². The molecule has 1 aromatic rings. The molecule has 1 atom stereocenters. The summed E-state index contributed by atoms with van der Waals surface area (Å²) in [5, 5.41) is 0.802. The summed E-state index contributed by atoms with van der Waals surface area (Å²) in [5.41, 5.74) is 8.43. The highest BCUT2D eigenvalue weighted by molar-refractivity contribution is 9.10. The molecule has 3 heteroatoms. The molecule has 0 bridgehead atoms. The quantitative estimate of drug-likeness (QED) is 0.825. The summed E-state index contributed by atoms with van der Waals surface area (Å²) in [6.45, 7) is 0.737. The average molecular weight is 261 g/mol. The van der Waals surface area contributed by atoms with Crippen molar-refractivity contribution < 1.29 is 0 Å². The van der Waals surface area contributed by atoms with E-state index in [4.69, 9.17) is 17.3 Å². The van der Waals surface area contributed by atoms with Crippen molar-refractivity contribution in [2.45, 2.75) is 18.8 Å². The summed E-state index contributed by atoms with van der Waals surface area (Å²) < 4.78 is 0.980. The first-order valence-electron chi connectivity index (χ1n) is 4.40. The fourth-order valence-electron chi connectivity index (χ4n) is 1.93. The first-order chi connectivity index (χ1) is 6.22. The van der Waals surface area contributed by atoms with Crippen molar-refractivity contribution in [3.8, 4) is 0 Å². The minimum Gasteiger partial charge on any atom is -0.330 e. The molecule has 2 N–H and O–H groups in total. The van der Waals surface area contributed by atoms with E-state index in [2.05, 4.69) is 28.1 Å². The zero-order valence-corrected chi connectivity index (χ0v) is 9.53. The van der Waals surface area contributed by atoms with E-state index >= 15 is 0 Å². The Hall–Kier alpha value is -0.0500. The molecule has 0 fully saturated rings. The van der Waals surface area contributed by atoms with E-state index in [-0.39, 0.29) is 0 Å². The van der Waals surface area contributed by atoms with Crippen LogP contribution in [-0.2, 0) is 6.42 Å². The van der Waals surface area contributed by atoms with Crippen molar-refractivity contribution in [1.29, 1.82) is 0 Å². The average Bonchev–Trinajstić information content (AvgIpc) is 2.48. The maximum absolute atomic E-state index is 6.01. The van der Waals surface area contributed by atoms with Crippen molar-refractivity contribution in [1.82, 2.24) is 0 Å². The molecule has 1 nitrogen and oxygen atoms in total. The molecule has 1 unspecified atom stereocenters. The summed E-state index contributed by atoms with van der Waals surface area (Å²) in [6.07, 6.45) is 2.28. The van der Waals surface area contributed by atoms with Crippen LogP contribution in [0.2, 0.25) is 5.02 Å². The second-order valence-corrected chi connectivity index (χ2v) is 4.70. The number of rotatable bonds is 1. The monoisotopic (exact) mass is 259 g/mol. The Kier molecular flexibility index (Phi) is 2.63. The van der Waals surface area contributed by atoms with Crippen LogP contribution < -0.4 is 5.73 Å². The van der Waals surface area contributed by atoms with Crippen LogP contribution in [0.3, 0.4) is 0 Å². The third-order valence-electron chi connectivity index (χ3n) is 2.67. The Morgan fingerprint density at radius 1 is 1.54 bits per heavy atom. The number of halogens is 2. The smallest absolute Gasteiger partial charge is 0.0551 e. The van der Waals surface area contributed by atoms with E-state index in [0.717, 1.165) is 22.5 Å². The van der Waals surface area contributed by atoms with Crippen LogP contribution >= 0.6 is 27.5 Å². The number of aryl methyl sites for hydroxylation is 1. The third-order valence-corrected chi connectivity index (χ3v) is 3.87. The lowest BCUT2D eigenvalue weighted by atomic mass is 10.0. The molecule has 0 radical (unpaired) electrons. The van der Waals surface area contributed by atoms with Gasteiger partial charge in [-0.2, -0.15) is 0 Å². The van der Waals surface area contributed by atoms with E-state index < -0.39 is 0 Å². The van der Waals surface area contributed by atoms with E-state index in [0.29, 0.717) is 5.92 Å². The van der Waals surface area contributed by atoms with E-state index in [1.807, 2.05) is 0 Å². The summed E-state index contributed by atoms with van der Waals surface area (Å²) in [6, 6.07) is 4.17. The highest BCUT2D eigenvalue weighted by atomic mass is 79.9. The molecule has 2 rings (SSSR count). The van der Waals surface area contributed by atoms with Gasteiger partial charge in [-0.25, -0.2) is 0 Å². The molecular formula is C10H11BrClN. The molecule has 1 aliphatic carbocycles. The van der Waals surface area contributed by atoms with Gasteiger partial charge in [-0.1, -0.05) is 11.6 Å². The van der Waals surface area contributed by atoms with Gasteiger partial charge < -0.3 is 5.73 Å². The molecule has 1 aromatic carbocycles. The number of hydrogen-bond acceptors (Lipinski definition) is 1. The molecule has 0 saturated heterocycles. The van der Waals surface area contributed by atoms with E-state index in [1.54, 1.807) is 0 Å². The van der Waals surface area contributed by atoms with Gasteiger partial charge in [0, 0.05) is 4.47 Å². The van der Waals surface area contributed by atoms with Gasteiger partial charge in [0.2, 0.25) is 0 Å². The molecule has 13 heavy (non-hydrogen) atoms. The van der Waals surface area contributed by atoms with Crippen LogP contribution in [-0.4, -0.2) is 6.54 Å². The summed E-state index contributed by atoms with van der Waals surface area (Å²) in [7, 11) is 0. The summed E-state index contributed by atoms with van der Waals surface area (Å²) in [5.74, 6) is 0.531. The first kappa shape index (κ1) is 9.50. The molecule has 0 heterocycles. The fraction of sp³-hybridized carbons (Fsp3) is 0.400. The SMILES string of the molecule is NCC1CCc2cc(Cl)c(Br)cc21. The Bertz CT molecular complexity index is 338. The Labute approximate surface area is 91.4 Å². The van der Waals surface area contributed by atoms with Gasteiger partial charge >= 0.3 is 0 Å². The van der Waals surface area contributed by atoms with E-state index in [9.17, 15) is 0 Å². The minimum absolute atomic E-state index is 0.531. The molecule has 1 aliphatic rings. The van der Waals surface area contributed by atoms with Crippen LogP contribution in [0.4, 0.5) is 0 Å². The van der Waals surface area contributed by atoms with Crippen LogP contribution in [0.5, 0.6) is 0 Å². The van der Waals surface area contributed by atoms with Gasteiger partial charge in [0.05, 0.1) is 5.02 Å². The van der Waals surface area contributed by atoms with Crippen LogP contribution in [0, 0.1) is 0 Å². The molecular weight excluding hydrogens is 249 g/mol. The highest BCUT2D eigenvalue weighted by Crippen LogP contribution is 2.37. The standard InChI is InChI=1S/C10H11BrClN/c11-9-4-8-6(3-10(9)12)1-2-7(8)5-13/h3-4,7H,1-2,5,13H2. The molecule has 0 aromatic heterocycles. The lowest BCUT2D eigenvalue weighted by Crippen LogP contribution is -2.09. The van der Waals surface area contributed by atoms with Gasteiger partial charge in [-0.05, 0) is 64.5 Å². The van der Waals surface area contributed by atoms with E-state index in [1.165, 1.54) is 17.5 Å². The van der Waals surface area contributed by atoms with Gasteiger partial charge in [0.15, 0.2) is 0 Å². The van der Waals surface area contributed by atoms with Gasteiger partial charge in [-0.15, -0.1) is 0 Å². The second kappa shape index (κ2) is 3.60. The Morgan fingerprint density at radius 2 is 2.31 bits per heavy atom. The van der Waals surface area contributed by atoms with Gasteiger partial charge in [0.25, 0.3) is 0 Å². The number of benzene rings is 1. The zero-order valence-electron chi connectivity index (χ0n) is 7.19. The maximum Gasteiger partial charge on any atom is 0.0551 e. The largest absolute Gasteiger partial charge is 0.330 e. The Balaban J connectivity index is 2.47. The fourth-order valence-corrected chi connectivity index (χ4v) is 2.48. The van der Waals surface area contributed by atoms with Gasteiger partial charge in [0.1, 0.15) is 0 Å². The predicted molar refractivity (Wildman–Crippen MR) is 59.3 cm³/mol. The van der Waals surface area contributed by atoms with Crippen LogP contribution in [0.25, 0.3) is 0 Å². The summed E-state index contributed by atoms with van der Waals surface area (Å²) >= 11 is 9.44. The molecule has 0 spiro atoms. The maximum atomic E-state index is 6.01. The zero-order chi connectivity index (χ0) is 9.42. The summed E-state index contributed by atoms with van der Waals surface area (Å²) in [4.78, 5) is 0. The normalized spacial score (nSPS) is 20.4. The molecule has 0 saturated carbocycles. The highest BCUT2D eigenvalue weighted by Gasteiger charge is 2.22. The lowest BCUT2D eigenvalue weighted by Gasteiger charge is -2.08. The second-order valence-electron chi connectivity index (χ2n) is 3.44. The molecule has 0 aliphatic heterocycles. The van der Waals surface area contributed by atoms with Crippen molar-refractivity contribution in [3.63, 3.8) is 0 Å². The minimum atomic E-state index is 0.531. The molecule has 0 amide bonds. The molecule has 70 valence electrons. The number of nitrogens with two attached hydrogens (primary N) is 1. The first-order valence-corrected chi connectivity index (χ1v) is 5.57.